The first-order valence-electron chi connectivity index (χ1n) is 8.79. The molecule has 0 saturated carbocycles. The maximum Gasteiger partial charge on any atom is 0.261 e. The first-order valence-corrected chi connectivity index (χ1v) is 8.79. The van der Waals surface area contributed by atoms with Crippen molar-refractivity contribution in [1.29, 1.82) is 0 Å². The van der Waals surface area contributed by atoms with E-state index in [4.69, 9.17) is 8.83 Å². The van der Waals surface area contributed by atoms with Crippen LogP contribution in [-0.4, -0.2) is 20.9 Å². The number of rotatable bonds is 4. The van der Waals surface area contributed by atoms with Gasteiger partial charge in [0.15, 0.2) is 11.6 Å². The fourth-order valence-electron chi connectivity index (χ4n) is 3.04. The molecule has 5 aromatic rings. The van der Waals surface area contributed by atoms with Crippen molar-refractivity contribution in [3.63, 3.8) is 0 Å². The number of aromatic nitrogens is 3. The second-order valence-electron chi connectivity index (χ2n) is 6.34. The quantitative estimate of drug-likeness (QED) is 0.431. The molecule has 29 heavy (non-hydrogen) atoms. The molecule has 0 atom stereocenters. The van der Waals surface area contributed by atoms with E-state index >= 15 is 0 Å². The molecule has 142 valence electrons. The smallest absolute Gasteiger partial charge is 0.261 e. The number of benzene rings is 1. The lowest BCUT2D eigenvalue weighted by molar-refractivity contribution is 0.102. The molecule has 0 saturated heterocycles. The summed E-state index contributed by atoms with van der Waals surface area (Å²) in [5, 5.41) is 2.74. The molecule has 3 N–H and O–H groups in total. The monoisotopic (exact) mass is 386 g/mol. The number of nitrogens with one attached hydrogen (secondary N) is 3. The number of aromatic amines is 2. The van der Waals surface area contributed by atoms with E-state index in [1.165, 1.54) is 12.3 Å². The van der Waals surface area contributed by atoms with E-state index in [-0.39, 0.29) is 5.56 Å². The topological polar surface area (TPSA) is 117 Å². The highest BCUT2D eigenvalue weighted by Crippen LogP contribution is 2.23. The van der Waals surface area contributed by atoms with Crippen molar-refractivity contribution in [3.05, 3.63) is 83.0 Å². The number of pyridine rings is 1. The first kappa shape index (κ1) is 16.8. The number of amides is 1. The number of anilines is 1. The Morgan fingerprint density at radius 3 is 2.45 bits per heavy atom. The van der Waals surface area contributed by atoms with Gasteiger partial charge in [-0.2, -0.15) is 0 Å². The van der Waals surface area contributed by atoms with Crippen molar-refractivity contribution in [2.45, 2.75) is 0 Å². The first-order chi connectivity index (χ1) is 14.2. The van der Waals surface area contributed by atoms with Crippen molar-refractivity contribution in [1.82, 2.24) is 15.0 Å². The van der Waals surface area contributed by atoms with Gasteiger partial charge in [-0.25, -0.2) is 4.98 Å². The Morgan fingerprint density at radius 1 is 0.931 bits per heavy atom. The number of imidazole rings is 1. The van der Waals surface area contributed by atoms with Crippen LogP contribution in [0.4, 0.5) is 5.69 Å². The van der Waals surface area contributed by atoms with Gasteiger partial charge in [-0.3, -0.25) is 9.59 Å². The van der Waals surface area contributed by atoms with Crippen molar-refractivity contribution >= 4 is 22.6 Å². The van der Waals surface area contributed by atoms with Gasteiger partial charge >= 0.3 is 0 Å². The standard InChI is InChI=1S/C21H14N4O4/c26-20(13-6-8-15(25-21(13)27)17-3-1-9-28-17)22-12-5-7-14-16(11-12)24-19(23-14)18-4-2-10-29-18/h1-11H,(H,22,26)(H,23,24)(H,25,27). The highest BCUT2D eigenvalue weighted by Gasteiger charge is 2.14. The van der Waals surface area contributed by atoms with E-state index in [2.05, 4.69) is 20.3 Å². The van der Waals surface area contributed by atoms with Crippen LogP contribution in [0, 0.1) is 0 Å². The lowest BCUT2D eigenvalue weighted by atomic mass is 10.2. The summed E-state index contributed by atoms with van der Waals surface area (Å²) >= 11 is 0. The van der Waals surface area contributed by atoms with Crippen molar-refractivity contribution in [2.24, 2.45) is 0 Å². The van der Waals surface area contributed by atoms with Gasteiger partial charge in [-0.15, -0.1) is 0 Å². The van der Waals surface area contributed by atoms with Crippen molar-refractivity contribution in [2.75, 3.05) is 5.32 Å². The van der Waals surface area contributed by atoms with E-state index in [1.807, 2.05) is 0 Å². The largest absolute Gasteiger partial charge is 0.463 e. The summed E-state index contributed by atoms with van der Waals surface area (Å²) in [7, 11) is 0. The molecule has 0 aliphatic heterocycles. The number of carbonyl (C=O) groups is 1. The van der Waals surface area contributed by atoms with E-state index in [1.54, 1.807) is 54.8 Å². The molecule has 8 nitrogen and oxygen atoms in total. The zero-order valence-corrected chi connectivity index (χ0v) is 14.9. The molecule has 4 aromatic heterocycles. The fourth-order valence-corrected chi connectivity index (χ4v) is 3.04. The Balaban J connectivity index is 1.40. The summed E-state index contributed by atoms with van der Waals surface area (Å²) in [6.07, 6.45) is 3.08. The van der Waals surface area contributed by atoms with Gasteiger partial charge in [0.1, 0.15) is 11.3 Å². The van der Waals surface area contributed by atoms with Crippen LogP contribution < -0.4 is 10.9 Å². The third-order valence-corrected chi connectivity index (χ3v) is 4.44. The summed E-state index contributed by atoms with van der Waals surface area (Å²) < 4.78 is 10.6. The maximum atomic E-state index is 12.6. The van der Waals surface area contributed by atoms with Crippen LogP contribution >= 0.6 is 0 Å². The van der Waals surface area contributed by atoms with Gasteiger partial charge in [0.25, 0.3) is 11.5 Å². The molecular formula is C21H14N4O4. The van der Waals surface area contributed by atoms with Crippen LogP contribution in [0.15, 0.2) is 80.8 Å². The van der Waals surface area contributed by atoms with E-state index in [0.29, 0.717) is 28.7 Å². The minimum Gasteiger partial charge on any atom is -0.463 e. The highest BCUT2D eigenvalue weighted by atomic mass is 16.3. The second kappa shape index (κ2) is 6.68. The van der Waals surface area contributed by atoms with Gasteiger partial charge in [0, 0.05) is 5.69 Å². The minimum absolute atomic E-state index is 0.00119. The summed E-state index contributed by atoms with van der Waals surface area (Å²) in [6, 6.07) is 15.4. The Labute approximate surface area is 163 Å². The molecule has 4 heterocycles. The zero-order valence-electron chi connectivity index (χ0n) is 14.9. The second-order valence-corrected chi connectivity index (χ2v) is 6.34. The molecule has 0 spiro atoms. The summed E-state index contributed by atoms with van der Waals surface area (Å²) in [6.45, 7) is 0. The molecular weight excluding hydrogens is 372 g/mol. The molecule has 0 aliphatic carbocycles. The molecule has 1 aromatic carbocycles. The molecule has 1 amide bonds. The molecule has 0 radical (unpaired) electrons. The lowest BCUT2D eigenvalue weighted by Crippen LogP contribution is -2.23. The third kappa shape index (κ3) is 3.12. The Morgan fingerprint density at radius 2 is 1.72 bits per heavy atom. The fraction of sp³-hybridized carbons (Fsp3) is 0. The van der Waals surface area contributed by atoms with Gasteiger partial charge in [0.05, 0.1) is 29.3 Å². The molecule has 0 unspecified atom stereocenters. The van der Waals surface area contributed by atoms with Crippen molar-refractivity contribution in [3.8, 4) is 23.0 Å². The van der Waals surface area contributed by atoms with E-state index < -0.39 is 11.5 Å². The number of furan rings is 2. The molecule has 5 rings (SSSR count). The normalized spacial score (nSPS) is 11.0. The molecule has 0 aliphatic rings. The Hall–Kier alpha value is -4.33. The maximum absolute atomic E-state index is 12.6. The predicted octanol–water partition coefficient (Wildman–Crippen LogP) is 4.02. The van der Waals surface area contributed by atoms with Crippen LogP contribution in [0.5, 0.6) is 0 Å². The van der Waals surface area contributed by atoms with Crippen LogP contribution in [0.3, 0.4) is 0 Å². The number of hydrogen-bond acceptors (Lipinski definition) is 5. The van der Waals surface area contributed by atoms with Crippen LogP contribution in [-0.2, 0) is 0 Å². The predicted molar refractivity (Wildman–Crippen MR) is 107 cm³/mol. The number of hydrogen-bond donors (Lipinski definition) is 3. The summed E-state index contributed by atoms with van der Waals surface area (Å²) in [5.74, 6) is 1.22. The molecule has 0 fully saturated rings. The number of nitrogens with zero attached hydrogens (tertiary/aromatic N) is 1. The summed E-state index contributed by atoms with van der Waals surface area (Å²) in [5.41, 5.74) is 2.00. The Bertz CT molecular complexity index is 1360. The van der Waals surface area contributed by atoms with E-state index in [0.717, 1.165) is 11.0 Å². The molecule has 0 bridgehead atoms. The van der Waals surface area contributed by atoms with Gasteiger partial charge in [-0.05, 0) is 54.6 Å². The zero-order chi connectivity index (χ0) is 19.8. The third-order valence-electron chi connectivity index (χ3n) is 4.44. The lowest BCUT2D eigenvalue weighted by Gasteiger charge is -2.05. The van der Waals surface area contributed by atoms with Crippen LogP contribution in [0.2, 0.25) is 0 Å². The van der Waals surface area contributed by atoms with Gasteiger partial charge < -0.3 is 24.1 Å². The number of carbonyl (C=O) groups excluding carboxylic acids is 1. The minimum atomic E-state index is -0.512. The van der Waals surface area contributed by atoms with Crippen LogP contribution in [0.1, 0.15) is 10.4 Å². The SMILES string of the molecule is O=C(Nc1ccc2nc(-c3ccco3)[nH]c2c1)c1ccc(-c2ccco2)[nH]c1=O. The van der Waals surface area contributed by atoms with Crippen LogP contribution in [0.25, 0.3) is 34.1 Å². The number of H-pyrrole nitrogens is 2. The van der Waals surface area contributed by atoms with Crippen molar-refractivity contribution < 1.29 is 13.6 Å². The molecule has 8 heteroatoms. The summed E-state index contributed by atoms with van der Waals surface area (Å²) in [4.78, 5) is 35.2. The average Bonchev–Trinajstić information content (AvgIpc) is 3.48. The van der Waals surface area contributed by atoms with E-state index in [9.17, 15) is 9.59 Å². The van der Waals surface area contributed by atoms with Gasteiger partial charge in [-0.1, -0.05) is 0 Å². The number of fused-ring (bicyclic) bond motifs is 1. The highest BCUT2D eigenvalue weighted by molar-refractivity contribution is 6.04. The average molecular weight is 386 g/mol. The van der Waals surface area contributed by atoms with Gasteiger partial charge in [0.2, 0.25) is 0 Å². The Kier molecular flexibility index (Phi) is 3.87.